The van der Waals surface area contributed by atoms with Gasteiger partial charge in [-0.05, 0) is 185 Å². The molecular formula is C60H63F6NO13. The molecule has 5 aromatic carbocycles. The highest BCUT2D eigenvalue weighted by atomic mass is 19.4. The number of esters is 5. The Hall–Kier alpha value is -8.29. The molecule has 0 aromatic heterocycles. The SMILES string of the molecule is Cc1cc(C(=O)OCCCCCCOC(=O)/C=C/c2ccc(OC(=O)c3ccc(OCCCC(F)(F)F)cc3)cc2)cc(N)c1OCCCCCCOC(=O)/C=C/c1ccc(OC(=O)c2ccc(OCCCC(F)(F)F)cc2)cc1. The first-order valence-electron chi connectivity index (χ1n) is 25.9. The van der Waals surface area contributed by atoms with Gasteiger partial charge >= 0.3 is 42.2 Å². The summed E-state index contributed by atoms with van der Waals surface area (Å²) in [4.78, 5) is 62.3. The first-order valence-corrected chi connectivity index (χ1v) is 25.9. The second kappa shape index (κ2) is 32.6. The van der Waals surface area contributed by atoms with E-state index in [1.807, 2.05) is 0 Å². The molecule has 0 bridgehead atoms. The number of anilines is 1. The maximum Gasteiger partial charge on any atom is 0.389 e. The van der Waals surface area contributed by atoms with Crippen molar-refractivity contribution in [2.45, 2.75) is 96.3 Å². The van der Waals surface area contributed by atoms with Crippen LogP contribution in [0.15, 0.2) is 121 Å². The Bertz CT molecular complexity index is 2790. The minimum absolute atomic E-state index is 0.107. The molecule has 428 valence electrons. The summed E-state index contributed by atoms with van der Waals surface area (Å²) in [6, 6.07) is 27.8. The van der Waals surface area contributed by atoms with E-state index in [-0.39, 0.29) is 68.5 Å². The summed E-state index contributed by atoms with van der Waals surface area (Å²) in [6.07, 6.45) is 0.707. The molecule has 5 aromatic rings. The molecule has 0 unspecified atom stereocenters. The molecule has 5 rings (SSSR count). The van der Waals surface area contributed by atoms with Crippen LogP contribution in [0.1, 0.15) is 125 Å². The van der Waals surface area contributed by atoms with Gasteiger partial charge in [-0.2, -0.15) is 26.3 Å². The number of benzene rings is 5. The zero-order chi connectivity index (χ0) is 57.8. The van der Waals surface area contributed by atoms with Crippen LogP contribution in [-0.4, -0.2) is 81.8 Å². The Morgan fingerprint density at radius 2 is 0.800 bits per heavy atom. The average Bonchev–Trinajstić information content (AvgIpc) is 3.42. The number of hydrogen-bond donors (Lipinski definition) is 1. The zero-order valence-corrected chi connectivity index (χ0v) is 44.1. The number of nitrogens with two attached hydrogens (primary N) is 1. The van der Waals surface area contributed by atoms with Crippen molar-refractivity contribution in [3.8, 4) is 28.7 Å². The van der Waals surface area contributed by atoms with Gasteiger partial charge in [-0.3, -0.25) is 0 Å². The van der Waals surface area contributed by atoms with Gasteiger partial charge in [0.2, 0.25) is 0 Å². The van der Waals surface area contributed by atoms with Crippen molar-refractivity contribution in [1.29, 1.82) is 0 Å². The quantitative estimate of drug-likeness (QED) is 0.00815. The number of halogens is 6. The minimum Gasteiger partial charge on any atom is -0.494 e. The van der Waals surface area contributed by atoms with Crippen LogP contribution in [0.2, 0.25) is 0 Å². The average molecular weight is 1120 g/mol. The van der Waals surface area contributed by atoms with Crippen LogP contribution in [0.3, 0.4) is 0 Å². The van der Waals surface area contributed by atoms with Crippen LogP contribution in [0, 0.1) is 6.92 Å². The van der Waals surface area contributed by atoms with E-state index >= 15 is 0 Å². The van der Waals surface area contributed by atoms with E-state index in [9.17, 15) is 50.3 Å². The van der Waals surface area contributed by atoms with Crippen LogP contribution in [-0.2, 0) is 23.8 Å². The fourth-order valence-corrected chi connectivity index (χ4v) is 7.35. The molecule has 0 aliphatic rings. The smallest absolute Gasteiger partial charge is 0.389 e. The maximum atomic E-state index is 12.8. The highest BCUT2D eigenvalue weighted by molar-refractivity contribution is 5.93. The summed E-state index contributed by atoms with van der Waals surface area (Å²) in [6.45, 7) is 2.63. The normalized spacial score (nSPS) is 11.5. The molecule has 0 aliphatic heterocycles. The van der Waals surface area contributed by atoms with Crippen LogP contribution in [0.4, 0.5) is 32.0 Å². The monoisotopic (exact) mass is 1120 g/mol. The summed E-state index contributed by atoms with van der Waals surface area (Å²) >= 11 is 0. The van der Waals surface area contributed by atoms with E-state index in [1.165, 1.54) is 66.7 Å². The van der Waals surface area contributed by atoms with Crippen molar-refractivity contribution in [1.82, 2.24) is 0 Å². The lowest BCUT2D eigenvalue weighted by atomic mass is 10.1. The highest BCUT2D eigenvalue weighted by Crippen LogP contribution is 2.29. The lowest BCUT2D eigenvalue weighted by Crippen LogP contribution is -2.10. The van der Waals surface area contributed by atoms with Gasteiger partial charge in [-0.25, -0.2) is 24.0 Å². The van der Waals surface area contributed by atoms with Crippen LogP contribution < -0.4 is 29.4 Å². The summed E-state index contributed by atoms with van der Waals surface area (Å²) < 4.78 is 117. The Balaban J connectivity index is 0.854. The number of carbonyl (C=O) groups excluding carboxylic acids is 5. The molecule has 2 N–H and O–H groups in total. The number of carbonyl (C=O) groups is 5. The van der Waals surface area contributed by atoms with E-state index < -0.39 is 55.0 Å². The number of alkyl halides is 6. The molecule has 0 amide bonds. The fourth-order valence-electron chi connectivity index (χ4n) is 7.35. The van der Waals surface area contributed by atoms with Crippen LogP contribution in [0.5, 0.6) is 28.7 Å². The zero-order valence-electron chi connectivity index (χ0n) is 44.1. The summed E-state index contributed by atoms with van der Waals surface area (Å²) in [5.41, 5.74) is 9.35. The molecule has 20 heteroatoms. The standard InChI is InChI=1S/C60H63F6NO13/c1-42-40-47(56(70)78-37-9-5-3-7-35-76-54(69)31-17-44-14-24-51(25-15-44)80-58(72)46-20-28-49(29-21-46)74-39-11-33-60(64,65)66)41-52(67)55(42)77-36-8-4-2-6-34-75-53(68)30-16-43-12-22-50(23-13-43)79-57(71)45-18-26-48(27-19-45)73-38-10-32-59(61,62)63/h12-31,40-41H,2-11,32-39,67H2,1H3/b30-16+,31-17+. The molecule has 0 aliphatic carbocycles. The van der Waals surface area contributed by atoms with Crippen molar-refractivity contribution < 1.29 is 88.2 Å². The lowest BCUT2D eigenvalue weighted by molar-refractivity contribution is -0.138. The Kier molecular flexibility index (Phi) is 25.5. The number of nitrogen functional groups attached to an aromatic ring is 1. The molecule has 0 atom stereocenters. The predicted molar refractivity (Wildman–Crippen MR) is 286 cm³/mol. The van der Waals surface area contributed by atoms with Gasteiger partial charge in [-0.1, -0.05) is 24.3 Å². The van der Waals surface area contributed by atoms with Crippen LogP contribution in [0.25, 0.3) is 12.2 Å². The molecule has 0 saturated carbocycles. The lowest BCUT2D eigenvalue weighted by Gasteiger charge is -2.14. The second-order valence-corrected chi connectivity index (χ2v) is 18.1. The molecule has 0 heterocycles. The minimum atomic E-state index is -4.24. The maximum absolute atomic E-state index is 12.8. The van der Waals surface area contributed by atoms with E-state index in [0.29, 0.717) is 71.1 Å². The van der Waals surface area contributed by atoms with E-state index in [2.05, 4.69) is 0 Å². The molecule has 14 nitrogen and oxygen atoms in total. The number of ether oxygens (including phenoxy) is 8. The number of rotatable bonds is 32. The molecule has 0 radical (unpaired) electrons. The third kappa shape index (κ3) is 24.6. The van der Waals surface area contributed by atoms with Gasteiger partial charge in [0, 0.05) is 25.0 Å². The second-order valence-electron chi connectivity index (χ2n) is 18.1. The molecule has 0 spiro atoms. The van der Waals surface area contributed by atoms with Crippen LogP contribution >= 0.6 is 0 Å². The largest absolute Gasteiger partial charge is 0.494 e. The third-order valence-corrected chi connectivity index (χ3v) is 11.5. The first kappa shape index (κ1) is 62.6. The van der Waals surface area contributed by atoms with Crippen molar-refractivity contribution in [2.75, 3.05) is 45.4 Å². The van der Waals surface area contributed by atoms with E-state index in [0.717, 1.165) is 32.1 Å². The third-order valence-electron chi connectivity index (χ3n) is 11.5. The van der Waals surface area contributed by atoms with Gasteiger partial charge in [0.1, 0.15) is 28.7 Å². The van der Waals surface area contributed by atoms with Crippen molar-refractivity contribution in [2.24, 2.45) is 0 Å². The molecule has 80 heavy (non-hydrogen) atoms. The fraction of sp³-hybridized carbons (Fsp3) is 0.350. The molecular weight excluding hydrogens is 1060 g/mol. The van der Waals surface area contributed by atoms with Gasteiger partial charge < -0.3 is 43.6 Å². The van der Waals surface area contributed by atoms with Gasteiger partial charge in [0.05, 0.1) is 62.0 Å². The number of unbranched alkanes of at least 4 members (excludes halogenated alkanes) is 6. The van der Waals surface area contributed by atoms with Gasteiger partial charge in [0.25, 0.3) is 0 Å². The predicted octanol–water partition coefficient (Wildman–Crippen LogP) is 13.6. The van der Waals surface area contributed by atoms with Crippen molar-refractivity contribution in [3.63, 3.8) is 0 Å². The van der Waals surface area contributed by atoms with Crippen molar-refractivity contribution >= 4 is 47.7 Å². The van der Waals surface area contributed by atoms with Gasteiger partial charge in [0.15, 0.2) is 0 Å². The Morgan fingerprint density at radius 3 is 1.20 bits per heavy atom. The van der Waals surface area contributed by atoms with E-state index in [4.69, 9.17) is 43.6 Å². The molecule has 0 saturated heterocycles. The summed E-state index contributed by atoms with van der Waals surface area (Å²) in [7, 11) is 0. The first-order chi connectivity index (χ1) is 38.3. The van der Waals surface area contributed by atoms with Crippen molar-refractivity contribution in [3.05, 3.63) is 155 Å². The topological polar surface area (TPSA) is 185 Å². The number of hydrogen-bond acceptors (Lipinski definition) is 14. The number of aryl methyl sites for hydroxylation is 1. The molecule has 0 fully saturated rings. The summed E-state index contributed by atoms with van der Waals surface area (Å²) in [5, 5.41) is 0. The Morgan fingerprint density at radius 1 is 0.425 bits per heavy atom. The Labute approximate surface area is 459 Å². The van der Waals surface area contributed by atoms with Gasteiger partial charge in [-0.15, -0.1) is 0 Å². The summed E-state index contributed by atoms with van der Waals surface area (Å²) in [5.74, 6) is -1.11. The van der Waals surface area contributed by atoms with E-state index in [1.54, 1.807) is 73.7 Å². The highest BCUT2D eigenvalue weighted by Gasteiger charge is 2.27.